The van der Waals surface area contributed by atoms with E-state index >= 15 is 0 Å². The number of anilines is 1. The lowest BCUT2D eigenvalue weighted by atomic mass is 10.3. The van der Waals surface area contributed by atoms with Gasteiger partial charge >= 0.3 is 11.8 Å². The molecule has 6 heteroatoms. The maximum atomic E-state index is 11.8. The molecule has 0 fully saturated rings. The van der Waals surface area contributed by atoms with Crippen LogP contribution in [0, 0.1) is 0 Å². The second-order valence-electron chi connectivity index (χ2n) is 5.42. The summed E-state index contributed by atoms with van der Waals surface area (Å²) in [6, 6.07) is 7.14. The molecule has 128 valence electrons. The molecule has 0 aliphatic rings. The second kappa shape index (κ2) is 11.2. The SMILES string of the molecule is CCCN(CCC)CCCNC(=O)C(=O)Nc1cccc(Br)c1. The Kier molecular flexibility index (Phi) is 9.55. The van der Waals surface area contributed by atoms with Crippen molar-refractivity contribution >= 4 is 33.4 Å². The van der Waals surface area contributed by atoms with Crippen molar-refractivity contribution < 1.29 is 9.59 Å². The molecule has 5 nitrogen and oxygen atoms in total. The van der Waals surface area contributed by atoms with E-state index in [0.717, 1.165) is 43.4 Å². The van der Waals surface area contributed by atoms with Gasteiger partial charge in [0.1, 0.15) is 0 Å². The molecule has 0 aliphatic heterocycles. The predicted molar refractivity (Wildman–Crippen MR) is 97.4 cm³/mol. The summed E-state index contributed by atoms with van der Waals surface area (Å²) in [6.45, 7) is 7.92. The van der Waals surface area contributed by atoms with Gasteiger partial charge in [-0.15, -0.1) is 0 Å². The van der Waals surface area contributed by atoms with Crippen LogP contribution in [0.1, 0.15) is 33.1 Å². The van der Waals surface area contributed by atoms with Crippen LogP contribution in [0.15, 0.2) is 28.7 Å². The standard InChI is InChI=1S/C17H26BrN3O2/c1-3-10-21(11-4-2)12-6-9-19-16(22)17(23)20-15-8-5-7-14(18)13-15/h5,7-8,13H,3-4,6,9-12H2,1-2H3,(H,19,22)(H,20,23). The van der Waals surface area contributed by atoms with Gasteiger partial charge in [0.25, 0.3) is 0 Å². The molecule has 0 saturated heterocycles. The Morgan fingerprint density at radius 2 is 1.78 bits per heavy atom. The van der Waals surface area contributed by atoms with E-state index < -0.39 is 11.8 Å². The van der Waals surface area contributed by atoms with E-state index in [-0.39, 0.29) is 0 Å². The Hall–Kier alpha value is -1.40. The van der Waals surface area contributed by atoms with Crippen LogP contribution in [0.5, 0.6) is 0 Å². The molecular weight excluding hydrogens is 358 g/mol. The highest BCUT2D eigenvalue weighted by molar-refractivity contribution is 9.10. The van der Waals surface area contributed by atoms with Crippen molar-refractivity contribution in [3.63, 3.8) is 0 Å². The monoisotopic (exact) mass is 383 g/mol. The Morgan fingerprint density at radius 3 is 2.39 bits per heavy atom. The zero-order chi connectivity index (χ0) is 17.1. The summed E-state index contributed by atoms with van der Waals surface area (Å²) in [6.07, 6.45) is 3.10. The Labute approximate surface area is 146 Å². The molecule has 1 aromatic rings. The highest BCUT2D eigenvalue weighted by Gasteiger charge is 2.13. The van der Waals surface area contributed by atoms with Gasteiger partial charge in [-0.3, -0.25) is 9.59 Å². The summed E-state index contributed by atoms with van der Waals surface area (Å²) in [5, 5.41) is 5.25. The quantitative estimate of drug-likeness (QED) is 0.508. The van der Waals surface area contributed by atoms with Crippen molar-refractivity contribution in [3.05, 3.63) is 28.7 Å². The molecule has 1 rings (SSSR count). The molecule has 0 bridgehead atoms. The number of halogens is 1. The number of hydrogen-bond acceptors (Lipinski definition) is 3. The average Bonchev–Trinajstić information content (AvgIpc) is 2.51. The molecular formula is C17H26BrN3O2. The highest BCUT2D eigenvalue weighted by Crippen LogP contribution is 2.15. The number of nitrogens with zero attached hydrogens (tertiary/aromatic N) is 1. The fourth-order valence-corrected chi connectivity index (χ4v) is 2.71. The van der Waals surface area contributed by atoms with Gasteiger partial charge in [-0.25, -0.2) is 0 Å². The van der Waals surface area contributed by atoms with Crippen LogP contribution in [0.25, 0.3) is 0 Å². The summed E-state index contributed by atoms with van der Waals surface area (Å²) in [5.41, 5.74) is 0.594. The maximum Gasteiger partial charge on any atom is 0.313 e. The van der Waals surface area contributed by atoms with Gasteiger partial charge in [-0.1, -0.05) is 35.8 Å². The van der Waals surface area contributed by atoms with Gasteiger partial charge in [0.2, 0.25) is 0 Å². The molecule has 23 heavy (non-hydrogen) atoms. The van der Waals surface area contributed by atoms with Crippen LogP contribution in [0.3, 0.4) is 0 Å². The number of rotatable bonds is 9. The van der Waals surface area contributed by atoms with Crippen LogP contribution < -0.4 is 10.6 Å². The minimum Gasteiger partial charge on any atom is -0.348 e. The van der Waals surface area contributed by atoms with Crippen LogP contribution in [0.2, 0.25) is 0 Å². The van der Waals surface area contributed by atoms with E-state index in [1.54, 1.807) is 18.2 Å². The number of carbonyl (C=O) groups excluding carboxylic acids is 2. The van der Waals surface area contributed by atoms with E-state index in [1.165, 1.54) is 0 Å². The normalized spacial score (nSPS) is 10.6. The molecule has 0 atom stereocenters. The first-order valence-electron chi connectivity index (χ1n) is 8.14. The number of amides is 2. The zero-order valence-corrected chi connectivity index (χ0v) is 15.5. The minimum absolute atomic E-state index is 0.509. The fourth-order valence-electron chi connectivity index (χ4n) is 2.31. The van der Waals surface area contributed by atoms with Crippen LogP contribution in [-0.2, 0) is 9.59 Å². The van der Waals surface area contributed by atoms with Gasteiger partial charge in [0.05, 0.1) is 0 Å². The molecule has 0 saturated carbocycles. The third kappa shape index (κ3) is 8.13. The fraction of sp³-hybridized carbons (Fsp3) is 0.529. The predicted octanol–water partition coefficient (Wildman–Crippen LogP) is 3.02. The Balaban J connectivity index is 2.28. The van der Waals surface area contributed by atoms with Gasteiger partial charge in [0, 0.05) is 16.7 Å². The first-order valence-corrected chi connectivity index (χ1v) is 8.93. The van der Waals surface area contributed by atoms with Gasteiger partial charge in [0.15, 0.2) is 0 Å². The van der Waals surface area contributed by atoms with E-state index in [0.29, 0.717) is 12.2 Å². The number of hydrogen-bond donors (Lipinski definition) is 2. The van der Waals surface area contributed by atoms with Crippen LogP contribution >= 0.6 is 15.9 Å². The van der Waals surface area contributed by atoms with Crippen LogP contribution in [-0.4, -0.2) is 42.9 Å². The van der Waals surface area contributed by atoms with E-state index in [2.05, 4.69) is 45.3 Å². The molecule has 0 aliphatic carbocycles. The van der Waals surface area contributed by atoms with Crippen LogP contribution in [0.4, 0.5) is 5.69 Å². The van der Waals surface area contributed by atoms with Crippen molar-refractivity contribution in [2.75, 3.05) is 31.5 Å². The van der Waals surface area contributed by atoms with Crippen molar-refractivity contribution in [1.29, 1.82) is 0 Å². The van der Waals surface area contributed by atoms with Crippen molar-refractivity contribution in [2.24, 2.45) is 0 Å². The first-order chi connectivity index (χ1) is 11.1. The van der Waals surface area contributed by atoms with Crippen molar-refractivity contribution in [2.45, 2.75) is 33.1 Å². The molecule has 0 radical (unpaired) electrons. The number of nitrogens with one attached hydrogen (secondary N) is 2. The average molecular weight is 384 g/mol. The lowest BCUT2D eigenvalue weighted by Gasteiger charge is -2.20. The zero-order valence-electron chi connectivity index (χ0n) is 13.9. The van der Waals surface area contributed by atoms with Gasteiger partial charge in [-0.2, -0.15) is 0 Å². The third-order valence-electron chi connectivity index (χ3n) is 3.31. The lowest BCUT2D eigenvalue weighted by Crippen LogP contribution is -2.37. The van der Waals surface area contributed by atoms with Crippen molar-refractivity contribution in [3.8, 4) is 0 Å². The molecule has 1 aromatic carbocycles. The molecule has 0 unspecified atom stereocenters. The summed E-state index contributed by atoms with van der Waals surface area (Å²) < 4.78 is 0.850. The second-order valence-corrected chi connectivity index (χ2v) is 6.33. The van der Waals surface area contributed by atoms with Crippen molar-refractivity contribution in [1.82, 2.24) is 10.2 Å². The Morgan fingerprint density at radius 1 is 1.09 bits per heavy atom. The smallest absolute Gasteiger partial charge is 0.313 e. The summed E-state index contributed by atoms with van der Waals surface area (Å²) in [7, 11) is 0. The summed E-state index contributed by atoms with van der Waals surface area (Å²) in [4.78, 5) is 26.0. The third-order valence-corrected chi connectivity index (χ3v) is 3.80. The first kappa shape index (κ1) is 19.6. The summed E-state index contributed by atoms with van der Waals surface area (Å²) >= 11 is 3.32. The largest absolute Gasteiger partial charge is 0.348 e. The topological polar surface area (TPSA) is 61.4 Å². The summed E-state index contributed by atoms with van der Waals surface area (Å²) in [5.74, 6) is -1.23. The lowest BCUT2D eigenvalue weighted by molar-refractivity contribution is -0.136. The molecule has 0 heterocycles. The van der Waals surface area contributed by atoms with E-state index in [9.17, 15) is 9.59 Å². The minimum atomic E-state index is -0.637. The molecule has 0 aromatic heterocycles. The Bertz CT molecular complexity index is 502. The number of benzene rings is 1. The van der Waals surface area contributed by atoms with Gasteiger partial charge in [-0.05, 0) is 57.1 Å². The van der Waals surface area contributed by atoms with E-state index in [1.807, 2.05) is 6.07 Å². The molecule has 0 spiro atoms. The van der Waals surface area contributed by atoms with Gasteiger partial charge < -0.3 is 15.5 Å². The number of carbonyl (C=O) groups is 2. The maximum absolute atomic E-state index is 11.8. The molecule has 2 amide bonds. The molecule has 2 N–H and O–H groups in total. The van der Waals surface area contributed by atoms with E-state index in [4.69, 9.17) is 0 Å². The highest BCUT2D eigenvalue weighted by atomic mass is 79.9.